The van der Waals surface area contributed by atoms with Gasteiger partial charge in [0, 0.05) is 11.1 Å². The van der Waals surface area contributed by atoms with E-state index in [-0.39, 0.29) is 0 Å². The van der Waals surface area contributed by atoms with Crippen molar-refractivity contribution in [2.75, 3.05) is 0 Å². The third-order valence-electron chi connectivity index (χ3n) is 7.83. The van der Waals surface area contributed by atoms with Gasteiger partial charge < -0.3 is 0 Å². The van der Waals surface area contributed by atoms with Crippen molar-refractivity contribution in [1.29, 1.82) is 0 Å². The Morgan fingerprint density at radius 2 is 0.850 bits per heavy atom. The van der Waals surface area contributed by atoms with Gasteiger partial charge in [-0.2, -0.15) is 0 Å². The lowest BCUT2D eigenvalue weighted by Crippen LogP contribution is -1.96. The van der Waals surface area contributed by atoms with E-state index >= 15 is 0 Å². The molecule has 0 spiro atoms. The Morgan fingerprint density at radius 1 is 0.300 bits per heavy atom. The Bertz CT molecular complexity index is 2210. The van der Waals surface area contributed by atoms with Crippen molar-refractivity contribution < 1.29 is 0 Å². The second kappa shape index (κ2) is 9.14. The molecule has 0 bridgehead atoms. The first kappa shape index (κ1) is 22.6. The third-order valence-corrected chi connectivity index (χ3v) is 7.83. The Balaban J connectivity index is 1.38. The van der Waals surface area contributed by atoms with Gasteiger partial charge in [0.1, 0.15) is 0 Å². The second-order valence-corrected chi connectivity index (χ2v) is 10.2. The molecule has 0 N–H and O–H groups in total. The Labute approximate surface area is 232 Å². The minimum atomic E-state index is 0.890. The van der Waals surface area contributed by atoms with Crippen LogP contribution in [0.1, 0.15) is 0 Å². The van der Waals surface area contributed by atoms with Crippen LogP contribution in [0.3, 0.4) is 0 Å². The molecule has 1 heterocycles. The van der Waals surface area contributed by atoms with E-state index in [0.29, 0.717) is 0 Å². The van der Waals surface area contributed by atoms with Crippen molar-refractivity contribution >= 4 is 43.4 Å². The first-order chi connectivity index (χ1) is 19.8. The Kier molecular flexibility index (Phi) is 5.17. The van der Waals surface area contributed by atoms with Crippen LogP contribution >= 0.6 is 0 Å². The summed E-state index contributed by atoms with van der Waals surface area (Å²) in [6.45, 7) is 0. The van der Waals surface area contributed by atoms with Crippen LogP contribution < -0.4 is 0 Å². The molecule has 8 rings (SSSR count). The normalized spacial score (nSPS) is 11.5. The number of rotatable bonds is 3. The first-order valence-corrected chi connectivity index (χ1v) is 13.6. The lowest BCUT2D eigenvalue weighted by atomic mass is 9.94. The standard InChI is InChI=1S/C38H24N2/c1-2-9-25(10-3-1)28-12-8-13-29(23-28)37-38(40-36-16-7-6-15-35(36)39-37)30-18-17-27-20-21-32-31-14-5-4-11-26(31)19-22-33(32)34(27)24-30/h1-24H. The van der Waals surface area contributed by atoms with E-state index in [0.717, 1.165) is 39.1 Å². The van der Waals surface area contributed by atoms with Crippen molar-refractivity contribution in [1.82, 2.24) is 9.97 Å². The van der Waals surface area contributed by atoms with Crippen LogP contribution in [0.2, 0.25) is 0 Å². The number of nitrogens with zero attached hydrogens (tertiary/aromatic N) is 2. The molecule has 0 aliphatic heterocycles. The summed E-state index contributed by atoms with van der Waals surface area (Å²) in [6.07, 6.45) is 0. The summed E-state index contributed by atoms with van der Waals surface area (Å²) in [6, 6.07) is 51.4. The minimum absolute atomic E-state index is 0.890. The van der Waals surface area contributed by atoms with Crippen molar-refractivity contribution in [3.05, 3.63) is 146 Å². The molecule has 0 aliphatic carbocycles. The van der Waals surface area contributed by atoms with E-state index in [1.165, 1.54) is 37.9 Å². The van der Waals surface area contributed by atoms with E-state index in [2.05, 4.69) is 115 Å². The number of fused-ring (bicyclic) bond motifs is 6. The zero-order valence-electron chi connectivity index (χ0n) is 21.8. The SMILES string of the molecule is c1ccc(-c2cccc(-c3nc4ccccc4nc3-c3ccc4ccc5c6ccccc6ccc5c4c3)c2)cc1. The molecule has 0 saturated heterocycles. The quantitative estimate of drug-likeness (QED) is 0.222. The molecule has 8 aromatic rings. The van der Waals surface area contributed by atoms with Crippen LogP contribution in [0.25, 0.3) is 77.0 Å². The molecule has 0 radical (unpaired) electrons. The van der Waals surface area contributed by atoms with Crippen molar-refractivity contribution in [2.45, 2.75) is 0 Å². The van der Waals surface area contributed by atoms with Gasteiger partial charge in [0.05, 0.1) is 22.4 Å². The highest BCUT2D eigenvalue weighted by Gasteiger charge is 2.15. The van der Waals surface area contributed by atoms with Gasteiger partial charge in [-0.3, -0.25) is 0 Å². The van der Waals surface area contributed by atoms with Crippen LogP contribution in [0.4, 0.5) is 0 Å². The summed E-state index contributed by atoms with van der Waals surface area (Å²) in [5.74, 6) is 0. The molecule has 0 aliphatic rings. The highest BCUT2D eigenvalue weighted by atomic mass is 14.8. The van der Waals surface area contributed by atoms with Crippen LogP contribution in [-0.4, -0.2) is 9.97 Å². The van der Waals surface area contributed by atoms with Gasteiger partial charge in [0.15, 0.2) is 0 Å². The van der Waals surface area contributed by atoms with Gasteiger partial charge in [-0.05, 0) is 67.7 Å². The molecule has 7 aromatic carbocycles. The fourth-order valence-corrected chi connectivity index (χ4v) is 5.84. The van der Waals surface area contributed by atoms with E-state index in [4.69, 9.17) is 9.97 Å². The topological polar surface area (TPSA) is 25.8 Å². The predicted molar refractivity (Wildman–Crippen MR) is 168 cm³/mol. The smallest absolute Gasteiger partial charge is 0.0973 e. The molecular weight excluding hydrogens is 484 g/mol. The van der Waals surface area contributed by atoms with Gasteiger partial charge >= 0.3 is 0 Å². The lowest BCUT2D eigenvalue weighted by Gasteiger charge is -2.13. The Hall–Kier alpha value is -5.34. The maximum atomic E-state index is 5.20. The summed E-state index contributed by atoms with van der Waals surface area (Å²) in [5, 5.41) is 7.48. The molecule has 2 heteroatoms. The zero-order valence-corrected chi connectivity index (χ0v) is 21.8. The highest BCUT2D eigenvalue weighted by molar-refractivity contribution is 6.17. The molecule has 0 atom stereocenters. The van der Waals surface area contributed by atoms with Crippen LogP contribution in [0.15, 0.2) is 146 Å². The van der Waals surface area contributed by atoms with E-state index in [1.807, 2.05) is 30.3 Å². The number of benzene rings is 7. The number of aromatic nitrogens is 2. The Morgan fingerprint density at radius 3 is 1.62 bits per heavy atom. The minimum Gasteiger partial charge on any atom is -0.244 e. The summed E-state index contributed by atoms with van der Waals surface area (Å²) >= 11 is 0. The average Bonchev–Trinajstić information content (AvgIpc) is 3.04. The first-order valence-electron chi connectivity index (χ1n) is 13.6. The molecule has 1 aromatic heterocycles. The maximum Gasteiger partial charge on any atom is 0.0973 e. The molecule has 40 heavy (non-hydrogen) atoms. The molecular formula is C38H24N2. The van der Waals surface area contributed by atoms with Crippen molar-refractivity contribution in [2.24, 2.45) is 0 Å². The van der Waals surface area contributed by atoms with E-state index < -0.39 is 0 Å². The van der Waals surface area contributed by atoms with Crippen LogP contribution in [0, 0.1) is 0 Å². The van der Waals surface area contributed by atoms with Gasteiger partial charge in [-0.1, -0.05) is 121 Å². The summed E-state index contributed by atoms with van der Waals surface area (Å²) < 4.78 is 0. The fourth-order valence-electron chi connectivity index (χ4n) is 5.84. The predicted octanol–water partition coefficient (Wildman–Crippen LogP) is 10.1. The summed E-state index contributed by atoms with van der Waals surface area (Å²) in [7, 11) is 0. The van der Waals surface area contributed by atoms with Gasteiger partial charge in [0.25, 0.3) is 0 Å². The number of hydrogen-bond donors (Lipinski definition) is 0. The zero-order chi connectivity index (χ0) is 26.5. The number of hydrogen-bond acceptors (Lipinski definition) is 2. The molecule has 0 saturated carbocycles. The van der Waals surface area contributed by atoms with Crippen LogP contribution in [-0.2, 0) is 0 Å². The van der Waals surface area contributed by atoms with E-state index in [9.17, 15) is 0 Å². The summed E-state index contributed by atoms with van der Waals surface area (Å²) in [4.78, 5) is 10.4. The van der Waals surface area contributed by atoms with Gasteiger partial charge in [-0.25, -0.2) is 9.97 Å². The molecule has 186 valence electrons. The molecule has 2 nitrogen and oxygen atoms in total. The van der Waals surface area contributed by atoms with Crippen molar-refractivity contribution in [3.8, 4) is 33.6 Å². The van der Waals surface area contributed by atoms with Gasteiger partial charge in [-0.15, -0.1) is 0 Å². The molecule has 0 fully saturated rings. The fraction of sp³-hybridized carbons (Fsp3) is 0. The largest absolute Gasteiger partial charge is 0.244 e. The van der Waals surface area contributed by atoms with Crippen molar-refractivity contribution in [3.63, 3.8) is 0 Å². The molecule has 0 unspecified atom stereocenters. The number of para-hydroxylation sites is 2. The van der Waals surface area contributed by atoms with Crippen LogP contribution in [0.5, 0.6) is 0 Å². The lowest BCUT2D eigenvalue weighted by molar-refractivity contribution is 1.29. The maximum absolute atomic E-state index is 5.20. The average molecular weight is 509 g/mol. The van der Waals surface area contributed by atoms with E-state index in [1.54, 1.807) is 0 Å². The van der Waals surface area contributed by atoms with Gasteiger partial charge in [0.2, 0.25) is 0 Å². The molecule has 0 amide bonds. The highest BCUT2D eigenvalue weighted by Crippen LogP contribution is 2.37. The third kappa shape index (κ3) is 3.73. The monoisotopic (exact) mass is 508 g/mol. The summed E-state index contributed by atoms with van der Waals surface area (Å²) in [5.41, 5.74) is 8.03. The second-order valence-electron chi connectivity index (χ2n) is 10.2.